The van der Waals surface area contributed by atoms with Gasteiger partial charge >= 0.3 is 0 Å². The first-order valence-electron chi connectivity index (χ1n) is 5.22. The van der Waals surface area contributed by atoms with E-state index >= 15 is 0 Å². The van der Waals surface area contributed by atoms with Crippen molar-refractivity contribution in [1.82, 2.24) is 4.98 Å². The molecule has 0 atom stereocenters. The summed E-state index contributed by atoms with van der Waals surface area (Å²) in [6.07, 6.45) is 1.78. The van der Waals surface area contributed by atoms with Crippen LogP contribution in [0, 0.1) is 0 Å². The molecule has 0 N–H and O–H groups in total. The van der Waals surface area contributed by atoms with Crippen molar-refractivity contribution < 1.29 is 4.42 Å². The van der Waals surface area contributed by atoms with Gasteiger partial charge in [0.1, 0.15) is 5.52 Å². The Balaban J connectivity index is 0.000000531. The molecule has 0 aromatic carbocycles. The van der Waals surface area contributed by atoms with Crippen LogP contribution >= 0.6 is 11.6 Å². The van der Waals surface area contributed by atoms with Crippen LogP contribution in [0.25, 0.3) is 11.1 Å². The second-order valence-corrected chi connectivity index (χ2v) is 3.69. The number of halogens is 1. The molecule has 0 spiro atoms. The van der Waals surface area contributed by atoms with Crippen LogP contribution in [0.4, 0.5) is 0 Å². The Morgan fingerprint density at radius 1 is 1.33 bits per heavy atom. The third kappa shape index (κ3) is 2.51. The Bertz CT molecular complexity index is 434. The quantitative estimate of drug-likeness (QED) is 0.707. The monoisotopic (exact) mass is 225 g/mol. The second kappa shape index (κ2) is 5.17. The largest absolute Gasteiger partial charge is 0.443 e. The van der Waals surface area contributed by atoms with E-state index in [1.54, 1.807) is 12.3 Å². The molecule has 0 amide bonds. The van der Waals surface area contributed by atoms with Gasteiger partial charge in [-0.2, -0.15) is 0 Å². The maximum absolute atomic E-state index is 5.75. The highest BCUT2D eigenvalue weighted by atomic mass is 35.5. The molecule has 2 rings (SSSR count). The zero-order valence-electron chi connectivity index (χ0n) is 9.54. The van der Waals surface area contributed by atoms with E-state index in [-0.39, 0.29) is 0 Å². The minimum Gasteiger partial charge on any atom is -0.443 e. The molecule has 15 heavy (non-hydrogen) atoms. The Morgan fingerprint density at radius 2 is 2.00 bits per heavy atom. The molecule has 0 unspecified atom stereocenters. The van der Waals surface area contributed by atoms with E-state index in [0.29, 0.717) is 11.1 Å². The smallest absolute Gasteiger partial charge is 0.196 e. The zero-order chi connectivity index (χ0) is 11.4. The summed E-state index contributed by atoms with van der Waals surface area (Å²) in [6.45, 7) is 8.23. The predicted octanol–water partition coefficient (Wildman–Crippen LogP) is 4.63. The van der Waals surface area contributed by atoms with Crippen LogP contribution in [0.5, 0.6) is 0 Å². The van der Waals surface area contributed by atoms with Crippen molar-refractivity contribution in [3.8, 4) is 0 Å². The van der Waals surface area contributed by atoms with Crippen LogP contribution in [-0.4, -0.2) is 4.98 Å². The Kier molecular flexibility index (Phi) is 4.15. The lowest BCUT2D eigenvalue weighted by Crippen LogP contribution is -1.88. The summed E-state index contributed by atoms with van der Waals surface area (Å²) in [7, 11) is 0. The third-order valence-corrected chi connectivity index (χ3v) is 2.22. The molecule has 82 valence electrons. The molecule has 0 aliphatic heterocycles. The number of pyridine rings is 1. The van der Waals surface area contributed by atoms with Crippen molar-refractivity contribution in [3.05, 3.63) is 29.1 Å². The van der Waals surface area contributed by atoms with Gasteiger partial charge in [-0.25, -0.2) is 0 Å². The Morgan fingerprint density at radius 3 is 2.60 bits per heavy atom. The van der Waals surface area contributed by atoms with E-state index in [4.69, 9.17) is 16.0 Å². The van der Waals surface area contributed by atoms with Crippen LogP contribution in [0.1, 0.15) is 39.2 Å². The number of nitrogens with zero attached hydrogens (tertiary/aromatic N) is 1. The number of furan rings is 1. The van der Waals surface area contributed by atoms with E-state index in [9.17, 15) is 0 Å². The maximum Gasteiger partial charge on any atom is 0.196 e. The maximum atomic E-state index is 5.75. The molecule has 0 bridgehead atoms. The number of aromatic nitrogens is 1. The lowest BCUT2D eigenvalue weighted by Gasteiger charge is -2.03. The molecular weight excluding hydrogens is 210 g/mol. The van der Waals surface area contributed by atoms with Gasteiger partial charge in [0.25, 0.3) is 0 Å². The lowest BCUT2D eigenvalue weighted by molar-refractivity contribution is 0.608. The number of rotatable bonds is 1. The molecule has 3 heteroatoms. The van der Waals surface area contributed by atoms with Crippen molar-refractivity contribution in [2.75, 3.05) is 0 Å². The Labute approximate surface area is 95.3 Å². The van der Waals surface area contributed by atoms with Gasteiger partial charge in [0.15, 0.2) is 10.8 Å². The van der Waals surface area contributed by atoms with Gasteiger partial charge in [-0.1, -0.05) is 27.7 Å². The fourth-order valence-corrected chi connectivity index (χ4v) is 1.56. The number of hydrogen-bond acceptors (Lipinski definition) is 2. The molecule has 2 nitrogen and oxygen atoms in total. The summed E-state index contributed by atoms with van der Waals surface area (Å²) < 4.78 is 5.36. The van der Waals surface area contributed by atoms with Gasteiger partial charge in [-0.15, -0.1) is 0 Å². The van der Waals surface area contributed by atoms with Crippen LogP contribution in [-0.2, 0) is 0 Å². The van der Waals surface area contributed by atoms with Crippen molar-refractivity contribution in [3.63, 3.8) is 0 Å². The van der Waals surface area contributed by atoms with Gasteiger partial charge in [-0.05, 0) is 23.6 Å². The Hall–Kier alpha value is -1.02. The predicted molar refractivity (Wildman–Crippen MR) is 64.5 cm³/mol. The van der Waals surface area contributed by atoms with Crippen molar-refractivity contribution >= 4 is 22.7 Å². The average molecular weight is 226 g/mol. The first-order valence-corrected chi connectivity index (χ1v) is 5.60. The van der Waals surface area contributed by atoms with Crippen molar-refractivity contribution in [2.45, 2.75) is 33.6 Å². The first kappa shape index (κ1) is 12.1. The van der Waals surface area contributed by atoms with Gasteiger partial charge in [0.2, 0.25) is 0 Å². The van der Waals surface area contributed by atoms with Gasteiger partial charge < -0.3 is 4.42 Å². The van der Waals surface area contributed by atoms with Crippen LogP contribution < -0.4 is 0 Å². The molecule has 0 aliphatic carbocycles. The topological polar surface area (TPSA) is 26.0 Å². The summed E-state index contributed by atoms with van der Waals surface area (Å²) in [4.78, 5) is 4.17. The molecule has 2 heterocycles. The summed E-state index contributed by atoms with van der Waals surface area (Å²) in [5.74, 6) is 0.424. The summed E-state index contributed by atoms with van der Waals surface area (Å²) in [6, 6.07) is 3.70. The molecule has 2 aromatic heterocycles. The summed E-state index contributed by atoms with van der Waals surface area (Å²) in [5, 5.41) is 0.399. The number of fused-ring (bicyclic) bond motifs is 1. The van der Waals surface area contributed by atoms with Crippen molar-refractivity contribution in [2.24, 2.45) is 0 Å². The number of hydrogen-bond donors (Lipinski definition) is 0. The van der Waals surface area contributed by atoms with E-state index in [0.717, 1.165) is 16.7 Å². The van der Waals surface area contributed by atoms with E-state index in [2.05, 4.69) is 18.8 Å². The van der Waals surface area contributed by atoms with Crippen LogP contribution in [0.2, 0.25) is 5.22 Å². The molecule has 0 saturated carbocycles. The molecule has 0 aliphatic rings. The fraction of sp³-hybridized carbons (Fsp3) is 0.417. The molecule has 0 radical (unpaired) electrons. The summed E-state index contributed by atoms with van der Waals surface area (Å²) >= 11 is 5.75. The lowest BCUT2D eigenvalue weighted by atomic mass is 10.0. The highest BCUT2D eigenvalue weighted by molar-refractivity contribution is 6.29. The third-order valence-electron chi connectivity index (χ3n) is 2.03. The van der Waals surface area contributed by atoms with Gasteiger partial charge in [0.05, 0.1) is 0 Å². The zero-order valence-corrected chi connectivity index (χ0v) is 10.3. The molecular formula is C12H16ClNO. The van der Waals surface area contributed by atoms with E-state index < -0.39 is 0 Å². The minimum atomic E-state index is 0.399. The minimum absolute atomic E-state index is 0.399. The first-order chi connectivity index (χ1) is 7.18. The van der Waals surface area contributed by atoms with Crippen LogP contribution in [0.3, 0.4) is 0 Å². The standard InChI is InChI=1S/C10H10ClNO.C2H6/c1-6(2)7-3-4-12-8-5-9(11)13-10(7)8;1-2/h3-6H,1-2H3;1-2H3. The highest BCUT2D eigenvalue weighted by Crippen LogP contribution is 2.28. The molecule has 0 fully saturated rings. The van der Waals surface area contributed by atoms with Gasteiger partial charge in [-0.3, -0.25) is 4.98 Å². The average Bonchev–Trinajstić information content (AvgIpc) is 2.60. The van der Waals surface area contributed by atoms with Crippen LogP contribution in [0.15, 0.2) is 22.7 Å². The SMILES string of the molecule is CC.CC(C)c1ccnc2cc(Cl)oc12. The normalized spacial score (nSPS) is 10.3. The molecule has 2 aromatic rings. The van der Waals surface area contributed by atoms with Crippen molar-refractivity contribution in [1.29, 1.82) is 0 Å². The molecule has 0 saturated heterocycles. The second-order valence-electron chi connectivity index (χ2n) is 3.32. The summed E-state index contributed by atoms with van der Waals surface area (Å²) in [5.41, 5.74) is 2.79. The highest BCUT2D eigenvalue weighted by Gasteiger charge is 2.10. The van der Waals surface area contributed by atoms with Gasteiger partial charge in [0, 0.05) is 17.8 Å². The van der Waals surface area contributed by atoms with E-state index in [1.165, 1.54) is 0 Å². The fourth-order valence-electron chi connectivity index (χ4n) is 1.38. The van der Waals surface area contributed by atoms with E-state index in [1.807, 2.05) is 19.9 Å².